The molecule has 0 saturated carbocycles. The summed E-state index contributed by atoms with van der Waals surface area (Å²) in [5, 5.41) is 3.06. The number of likely N-dealkylation sites (N-methyl/N-ethyl adjacent to an activating group) is 1. The Bertz CT molecular complexity index is 563. The van der Waals surface area contributed by atoms with Crippen molar-refractivity contribution in [1.82, 2.24) is 14.5 Å². The summed E-state index contributed by atoms with van der Waals surface area (Å²) in [5.41, 5.74) is 0. The van der Waals surface area contributed by atoms with Gasteiger partial charge in [0, 0.05) is 36.4 Å². The minimum absolute atomic E-state index is 0.460. The summed E-state index contributed by atoms with van der Waals surface area (Å²) in [4.78, 5) is 4.72. The molecule has 7 heteroatoms. The largest absolute Gasteiger partial charge is 0.315 e. The first kappa shape index (κ1) is 16.9. The van der Waals surface area contributed by atoms with E-state index in [4.69, 9.17) is 0 Å². The van der Waals surface area contributed by atoms with Gasteiger partial charge in [0.15, 0.2) is 0 Å². The Labute approximate surface area is 132 Å². The fraction of sp³-hybridized carbons (Fsp3) is 0.714. The Hall–Kier alpha value is -0.470. The van der Waals surface area contributed by atoms with Crippen molar-refractivity contribution >= 4 is 21.4 Å². The highest BCUT2D eigenvalue weighted by molar-refractivity contribution is 7.89. The Morgan fingerprint density at radius 1 is 1.38 bits per heavy atom. The molecule has 0 radical (unpaired) electrons. The summed E-state index contributed by atoms with van der Waals surface area (Å²) < 4.78 is 26.8. The fourth-order valence-corrected chi connectivity index (χ4v) is 5.39. The molecule has 1 aromatic rings. The topological polar surface area (TPSA) is 52.7 Å². The maximum Gasteiger partial charge on any atom is 0.243 e. The Morgan fingerprint density at radius 3 is 2.67 bits per heavy atom. The van der Waals surface area contributed by atoms with E-state index in [-0.39, 0.29) is 0 Å². The van der Waals surface area contributed by atoms with Crippen LogP contribution >= 0.6 is 11.3 Å². The van der Waals surface area contributed by atoms with Gasteiger partial charge in [-0.2, -0.15) is 4.31 Å². The molecule has 120 valence electrons. The van der Waals surface area contributed by atoms with Crippen LogP contribution in [-0.4, -0.2) is 57.9 Å². The molecule has 0 bridgehead atoms. The zero-order valence-corrected chi connectivity index (χ0v) is 14.7. The number of likely N-dealkylation sites (tertiary alicyclic amines) is 1. The van der Waals surface area contributed by atoms with Crippen molar-refractivity contribution in [2.24, 2.45) is 0 Å². The molecular weight excluding hydrogens is 306 g/mol. The molecule has 1 aliphatic rings. The average Bonchev–Trinajstić information content (AvgIpc) is 3.06. The van der Waals surface area contributed by atoms with Crippen LogP contribution in [-0.2, 0) is 16.6 Å². The van der Waals surface area contributed by atoms with Crippen LogP contribution < -0.4 is 5.32 Å². The minimum Gasteiger partial charge on any atom is -0.315 e. The quantitative estimate of drug-likeness (QED) is 0.822. The molecule has 2 heterocycles. The lowest BCUT2D eigenvalue weighted by Crippen LogP contribution is -2.35. The van der Waals surface area contributed by atoms with Gasteiger partial charge in [-0.15, -0.1) is 11.3 Å². The second-order valence-corrected chi connectivity index (χ2v) is 8.89. The van der Waals surface area contributed by atoms with Gasteiger partial charge >= 0.3 is 0 Å². The van der Waals surface area contributed by atoms with E-state index in [2.05, 4.69) is 10.2 Å². The first-order valence-corrected chi connectivity index (χ1v) is 9.63. The molecule has 1 fully saturated rings. The number of sulfonamides is 1. The third-order valence-electron chi connectivity index (χ3n) is 3.89. The number of hydrogen-bond donors (Lipinski definition) is 1. The molecule has 5 nitrogen and oxygen atoms in total. The average molecular weight is 332 g/mol. The van der Waals surface area contributed by atoms with Gasteiger partial charge in [-0.25, -0.2) is 8.42 Å². The van der Waals surface area contributed by atoms with Gasteiger partial charge in [0.05, 0.1) is 4.90 Å². The van der Waals surface area contributed by atoms with E-state index in [0.29, 0.717) is 18.0 Å². The van der Waals surface area contributed by atoms with Crippen LogP contribution in [0.15, 0.2) is 11.0 Å². The number of nitrogens with zero attached hydrogens (tertiary/aromatic N) is 2. The summed E-state index contributed by atoms with van der Waals surface area (Å²) in [6.07, 6.45) is 2.46. The summed E-state index contributed by atoms with van der Waals surface area (Å²) in [6.45, 7) is 6.15. The number of hydrogen-bond acceptors (Lipinski definition) is 5. The minimum atomic E-state index is -3.37. The highest BCUT2D eigenvalue weighted by atomic mass is 32.2. The first-order valence-electron chi connectivity index (χ1n) is 7.37. The molecule has 0 spiro atoms. The highest BCUT2D eigenvalue weighted by Crippen LogP contribution is 2.27. The Balaban J connectivity index is 2.05. The molecule has 0 atom stereocenters. The second kappa shape index (κ2) is 7.19. The summed E-state index contributed by atoms with van der Waals surface area (Å²) >= 11 is 1.55. The predicted molar refractivity (Wildman–Crippen MR) is 87.3 cm³/mol. The van der Waals surface area contributed by atoms with Crippen LogP contribution in [0, 0.1) is 6.92 Å². The molecule has 21 heavy (non-hydrogen) atoms. The van der Waals surface area contributed by atoms with E-state index >= 15 is 0 Å². The summed E-state index contributed by atoms with van der Waals surface area (Å²) in [5.74, 6) is 0. The standard InChI is InChI=1S/C14H25N3O2S2/c1-12-14(10-13(20-12)11-15-2)21(18,19)16(3)8-9-17-6-4-5-7-17/h10,15H,4-9,11H2,1-3H3. The number of thiophene rings is 1. The van der Waals surface area contributed by atoms with Crippen LogP contribution in [0.2, 0.25) is 0 Å². The van der Waals surface area contributed by atoms with Crippen molar-refractivity contribution in [1.29, 1.82) is 0 Å². The first-order chi connectivity index (χ1) is 9.95. The normalized spacial score (nSPS) is 17.0. The van der Waals surface area contributed by atoms with Crippen molar-refractivity contribution in [2.75, 3.05) is 40.3 Å². The van der Waals surface area contributed by atoms with Crippen molar-refractivity contribution < 1.29 is 8.42 Å². The van der Waals surface area contributed by atoms with Crippen molar-refractivity contribution in [3.8, 4) is 0 Å². The van der Waals surface area contributed by atoms with Crippen molar-refractivity contribution in [3.05, 3.63) is 15.8 Å². The van der Waals surface area contributed by atoms with E-state index in [1.807, 2.05) is 14.0 Å². The monoisotopic (exact) mass is 331 g/mol. The van der Waals surface area contributed by atoms with E-state index in [1.165, 1.54) is 17.1 Å². The second-order valence-electron chi connectivity index (χ2n) is 5.54. The lowest BCUT2D eigenvalue weighted by molar-refractivity contribution is 0.310. The number of nitrogens with one attached hydrogen (secondary N) is 1. The van der Waals surface area contributed by atoms with Gasteiger partial charge in [0.25, 0.3) is 0 Å². The van der Waals surface area contributed by atoms with Crippen molar-refractivity contribution in [2.45, 2.75) is 31.2 Å². The van der Waals surface area contributed by atoms with Crippen LogP contribution in [0.5, 0.6) is 0 Å². The molecule has 1 saturated heterocycles. The van der Waals surface area contributed by atoms with Gasteiger partial charge < -0.3 is 10.2 Å². The SMILES string of the molecule is CNCc1cc(S(=O)(=O)N(C)CCN2CCCC2)c(C)s1. The molecule has 0 aromatic carbocycles. The van der Waals surface area contributed by atoms with Crippen LogP contribution in [0.25, 0.3) is 0 Å². The number of rotatable bonds is 7. The van der Waals surface area contributed by atoms with E-state index in [1.54, 1.807) is 24.5 Å². The molecule has 0 amide bonds. The Morgan fingerprint density at radius 2 is 2.05 bits per heavy atom. The summed E-state index contributed by atoms with van der Waals surface area (Å²) in [6, 6.07) is 1.80. The van der Waals surface area contributed by atoms with Gasteiger partial charge in [-0.1, -0.05) is 0 Å². The van der Waals surface area contributed by atoms with Crippen LogP contribution in [0.3, 0.4) is 0 Å². The van der Waals surface area contributed by atoms with E-state index in [9.17, 15) is 8.42 Å². The van der Waals surface area contributed by atoms with E-state index < -0.39 is 10.0 Å². The Kier molecular flexibility index (Phi) is 5.79. The molecule has 1 aromatic heterocycles. The predicted octanol–water partition coefficient (Wildman–Crippen LogP) is 1.49. The number of aryl methyl sites for hydroxylation is 1. The lowest BCUT2D eigenvalue weighted by atomic mass is 10.4. The zero-order chi connectivity index (χ0) is 15.5. The molecule has 0 aliphatic carbocycles. The van der Waals surface area contributed by atoms with Gasteiger partial charge in [-0.05, 0) is 46.0 Å². The summed E-state index contributed by atoms with van der Waals surface area (Å²) in [7, 11) is 0.178. The van der Waals surface area contributed by atoms with Gasteiger partial charge in [-0.3, -0.25) is 0 Å². The van der Waals surface area contributed by atoms with Crippen LogP contribution in [0.4, 0.5) is 0 Å². The van der Waals surface area contributed by atoms with Crippen LogP contribution in [0.1, 0.15) is 22.6 Å². The van der Waals surface area contributed by atoms with E-state index in [0.717, 1.165) is 29.4 Å². The molecule has 1 aliphatic heterocycles. The van der Waals surface area contributed by atoms with Crippen molar-refractivity contribution in [3.63, 3.8) is 0 Å². The van der Waals surface area contributed by atoms with Gasteiger partial charge in [0.1, 0.15) is 0 Å². The maximum absolute atomic E-state index is 12.7. The molecular formula is C14H25N3O2S2. The third kappa shape index (κ3) is 4.04. The molecule has 1 N–H and O–H groups in total. The highest BCUT2D eigenvalue weighted by Gasteiger charge is 2.25. The lowest BCUT2D eigenvalue weighted by Gasteiger charge is -2.21. The molecule has 0 unspecified atom stereocenters. The zero-order valence-electron chi connectivity index (χ0n) is 13.1. The third-order valence-corrected chi connectivity index (χ3v) is 7.06. The smallest absolute Gasteiger partial charge is 0.243 e. The maximum atomic E-state index is 12.7. The molecule has 2 rings (SSSR count). The van der Waals surface area contributed by atoms with Gasteiger partial charge in [0.2, 0.25) is 10.0 Å². The fourth-order valence-electron chi connectivity index (χ4n) is 2.62.